The Hall–Kier alpha value is -3.09. The number of aryl methyl sites for hydroxylation is 1. The lowest BCUT2D eigenvalue weighted by Crippen LogP contribution is -2.38. The quantitative estimate of drug-likeness (QED) is 0.612. The van der Waals surface area contributed by atoms with Gasteiger partial charge in [0.15, 0.2) is 0 Å². The number of hydrogen-bond acceptors (Lipinski definition) is 6. The van der Waals surface area contributed by atoms with Crippen LogP contribution < -0.4 is 10.5 Å². The van der Waals surface area contributed by atoms with Gasteiger partial charge in [-0.05, 0) is 37.6 Å². The van der Waals surface area contributed by atoms with Gasteiger partial charge in [0.25, 0.3) is 5.56 Å². The third-order valence-electron chi connectivity index (χ3n) is 4.77. The zero-order valence-electron chi connectivity index (χ0n) is 16.6. The maximum atomic E-state index is 11.9. The second-order valence-electron chi connectivity index (χ2n) is 6.73. The van der Waals surface area contributed by atoms with Crippen LogP contribution in [0, 0.1) is 6.92 Å². The Bertz CT molecular complexity index is 969. The SMILES string of the molecule is C=C(/C=N\C(=C/C)OC)OC1CCN(c2nc3cc[nH]c(=O)c3cc2C)CC1. The number of nitrogens with zero attached hydrogens (tertiary/aromatic N) is 3. The Morgan fingerprint density at radius 3 is 2.86 bits per heavy atom. The summed E-state index contributed by atoms with van der Waals surface area (Å²) >= 11 is 0. The number of methoxy groups -OCH3 is 1. The van der Waals surface area contributed by atoms with Crippen LogP contribution >= 0.6 is 0 Å². The van der Waals surface area contributed by atoms with Crippen molar-refractivity contribution in [1.82, 2.24) is 9.97 Å². The molecule has 1 fully saturated rings. The number of fused-ring (bicyclic) bond motifs is 1. The van der Waals surface area contributed by atoms with E-state index in [4.69, 9.17) is 14.5 Å². The molecule has 0 radical (unpaired) electrons. The van der Waals surface area contributed by atoms with Crippen LogP contribution in [0.3, 0.4) is 0 Å². The number of nitrogens with one attached hydrogen (secondary N) is 1. The van der Waals surface area contributed by atoms with Crippen LogP contribution in [0.15, 0.2) is 52.4 Å². The van der Waals surface area contributed by atoms with Crippen LogP contribution in [-0.4, -0.2) is 42.5 Å². The van der Waals surface area contributed by atoms with Crippen LogP contribution in [-0.2, 0) is 9.47 Å². The molecule has 0 bridgehead atoms. The van der Waals surface area contributed by atoms with Gasteiger partial charge in [0.1, 0.15) is 17.7 Å². The van der Waals surface area contributed by atoms with Gasteiger partial charge in [-0.15, -0.1) is 0 Å². The minimum absolute atomic E-state index is 0.0930. The van der Waals surface area contributed by atoms with E-state index in [9.17, 15) is 4.79 Å². The summed E-state index contributed by atoms with van der Waals surface area (Å²) in [5.41, 5.74) is 1.60. The van der Waals surface area contributed by atoms with Gasteiger partial charge < -0.3 is 19.4 Å². The minimum Gasteiger partial charge on any atom is -0.489 e. The van der Waals surface area contributed by atoms with E-state index in [0.29, 0.717) is 22.5 Å². The van der Waals surface area contributed by atoms with E-state index < -0.39 is 0 Å². The Kier molecular flexibility index (Phi) is 6.13. The van der Waals surface area contributed by atoms with Crippen molar-refractivity contribution in [1.29, 1.82) is 0 Å². The monoisotopic (exact) mass is 382 g/mol. The van der Waals surface area contributed by atoms with Gasteiger partial charge in [-0.3, -0.25) is 4.79 Å². The first-order chi connectivity index (χ1) is 13.5. The molecule has 0 aliphatic carbocycles. The maximum Gasteiger partial charge on any atom is 0.257 e. The number of aromatic nitrogens is 2. The van der Waals surface area contributed by atoms with Gasteiger partial charge in [0.2, 0.25) is 5.88 Å². The van der Waals surface area contributed by atoms with E-state index in [2.05, 4.69) is 21.5 Å². The molecular weight excluding hydrogens is 356 g/mol. The van der Waals surface area contributed by atoms with Gasteiger partial charge >= 0.3 is 0 Å². The second-order valence-corrected chi connectivity index (χ2v) is 6.73. The van der Waals surface area contributed by atoms with E-state index in [-0.39, 0.29) is 11.7 Å². The first kappa shape index (κ1) is 19.7. The summed E-state index contributed by atoms with van der Waals surface area (Å²) in [4.78, 5) is 25.8. The number of H-pyrrole nitrogens is 1. The number of allylic oxidation sites excluding steroid dienone is 2. The molecule has 148 valence electrons. The average molecular weight is 382 g/mol. The zero-order chi connectivity index (χ0) is 20.1. The molecule has 0 saturated carbocycles. The number of rotatable bonds is 6. The molecule has 0 unspecified atom stereocenters. The number of pyridine rings is 2. The largest absolute Gasteiger partial charge is 0.489 e. The van der Waals surface area contributed by atoms with Crippen molar-refractivity contribution in [3.8, 4) is 0 Å². The summed E-state index contributed by atoms with van der Waals surface area (Å²) < 4.78 is 11.0. The summed E-state index contributed by atoms with van der Waals surface area (Å²) in [6, 6.07) is 3.74. The fourth-order valence-corrected chi connectivity index (χ4v) is 3.33. The van der Waals surface area contributed by atoms with E-state index in [1.807, 2.05) is 26.0 Å². The topological polar surface area (TPSA) is 79.8 Å². The zero-order valence-corrected chi connectivity index (χ0v) is 16.6. The van der Waals surface area contributed by atoms with Crippen LogP contribution in [0.4, 0.5) is 5.82 Å². The number of ether oxygens (including phenoxy) is 2. The molecule has 2 aromatic rings. The fraction of sp³-hybridized carbons (Fsp3) is 0.381. The van der Waals surface area contributed by atoms with Crippen LogP contribution in [0.5, 0.6) is 0 Å². The van der Waals surface area contributed by atoms with Gasteiger partial charge in [0, 0.05) is 32.1 Å². The van der Waals surface area contributed by atoms with Crippen LogP contribution in [0.2, 0.25) is 0 Å². The van der Waals surface area contributed by atoms with Gasteiger partial charge in [-0.25, -0.2) is 9.98 Å². The fourth-order valence-electron chi connectivity index (χ4n) is 3.33. The normalized spacial score (nSPS) is 16.0. The van der Waals surface area contributed by atoms with E-state index in [0.717, 1.165) is 37.3 Å². The predicted octanol–water partition coefficient (Wildman–Crippen LogP) is 3.31. The van der Waals surface area contributed by atoms with Crippen molar-refractivity contribution in [2.24, 2.45) is 4.99 Å². The van der Waals surface area contributed by atoms with Crippen molar-refractivity contribution in [3.05, 3.63) is 58.5 Å². The Morgan fingerprint density at radius 1 is 1.43 bits per heavy atom. The third-order valence-corrected chi connectivity index (χ3v) is 4.77. The Balaban J connectivity index is 1.63. The maximum absolute atomic E-state index is 11.9. The highest BCUT2D eigenvalue weighted by Crippen LogP contribution is 2.25. The molecule has 1 saturated heterocycles. The van der Waals surface area contributed by atoms with Crippen molar-refractivity contribution < 1.29 is 9.47 Å². The molecule has 7 heteroatoms. The van der Waals surface area contributed by atoms with Crippen molar-refractivity contribution in [2.45, 2.75) is 32.8 Å². The molecule has 3 rings (SSSR count). The molecule has 0 atom stereocenters. The van der Waals surface area contributed by atoms with Gasteiger partial charge in [-0.1, -0.05) is 6.58 Å². The molecule has 0 aromatic carbocycles. The van der Waals surface area contributed by atoms with Gasteiger partial charge in [-0.2, -0.15) is 0 Å². The number of piperidine rings is 1. The second kappa shape index (κ2) is 8.73. The summed E-state index contributed by atoms with van der Waals surface area (Å²) in [5, 5.41) is 0.620. The Morgan fingerprint density at radius 2 is 2.18 bits per heavy atom. The number of aromatic amines is 1. The van der Waals surface area contributed by atoms with Crippen molar-refractivity contribution >= 4 is 22.9 Å². The number of hydrogen-bond donors (Lipinski definition) is 1. The molecule has 1 aliphatic heterocycles. The van der Waals surface area contributed by atoms with E-state index >= 15 is 0 Å². The molecule has 1 aliphatic rings. The Labute approximate surface area is 164 Å². The highest BCUT2D eigenvalue weighted by atomic mass is 16.5. The minimum atomic E-state index is -0.110. The third kappa shape index (κ3) is 4.42. The molecular formula is C21H26N4O3. The standard InChI is InChI=1S/C21H26N4O3/c1-5-19(27-4)23-13-15(3)28-16-7-10-25(11-8-16)20-14(2)12-17-18(24-20)6-9-22-21(17)26/h5-6,9,12-13,16H,3,7-8,10-11H2,1-2,4H3,(H,22,26)/b19-5+,23-13-. The number of anilines is 1. The first-order valence-corrected chi connectivity index (χ1v) is 9.35. The summed E-state index contributed by atoms with van der Waals surface area (Å²) in [7, 11) is 1.57. The number of aliphatic imine (C=N–C) groups is 1. The first-order valence-electron chi connectivity index (χ1n) is 9.35. The molecule has 3 heterocycles. The van der Waals surface area contributed by atoms with Gasteiger partial charge in [0.05, 0.1) is 24.2 Å². The van der Waals surface area contributed by atoms with Crippen LogP contribution in [0.25, 0.3) is 10.9 Å². The average Bonchev–Trinajstić information content (AvgIpc) is 2.70. The van der Waals surface area contributed by atoms with Crippen LogP contribution in [0.1, 0.15) is 25.3 Å². The highest BCUT2D eigenvalue weighted by Gasteiger charge is 2.23. The van der Waals surface area contributed by atoms with Crippen molar-refractivity contribution in [2.75, 3.05) is 25.1 Å². The molecule has 2 aromatic heterocycles. The molecule has 7 nitrogen and oxygen atoms in total. The lowest BCUT2D eigenvalue weighted by molar-refractivity contribution is 0.108. The predicted molar refractivity (Wildman–Crippen MR) is 112 cm³/mol. The lowest BCUT2D eigenvalue weighted by atomic mass is 10.1. The van der Waals surface area contributed by atoms with Crippen molar-refractivity contribution in [3.63, 3.8) is 0 Å². The smallest absolute Gasteiger partial charge is 0.257 e. The summed E-state index contributed by atoms with van der Waals surface area (Å²) in [5.74, 6) is 1.97. The van der Waals surface area contributed by atoms with E-state index in [1.54, 1.807) is 25.6 Å². The lowest BCUT2D eigenvalue weighted by Gasteiger charge is -2.33. The molecule has 1 N–H and O–H groups in total. The molecule has 0 spiro atoms. The summed E-state index contributed by atoms with van der Waals surface area (Å²) in [6.45, 7) is 9.41. The summed E-state index contributed by atoms with van der Waals surface area (Å²) in [6.07, 6.45) is 6.81. The molecule has 0 amide bonds. The van der Waals surface area contributed by atoms with E-state index in [1.165, 1.54) is 0 Å². The molecule has 28 heavy (non-hydrogen) atoms. The highest BCUT2D eigenvalue weighted by molar-refractivity contribution is 5.80.